The lowest BCUT2D eigenvalue weighted by Crippen LogP contribution is -2.61. The molecule has 0 spiro atoms. The van der Waals surface area contributed by atoms with Crippen LogP contribution in [0.15, 0.2) is 28.7 Å². The number of halogens is 1. The minimum Gasteiger partial charge on any atom is -0.481 e. The Morgan fingerprint density at radius 3 is 2.40 bits per heavy atom. The van der Waals surface area contributed by atoms with Crippen LogP contribution in [0.2, 0.25) is 0 Å². The number of rotatable bonds is 6. The molecule has 0 radical (unpaired) electrons. The molecule has 138 valence electrons. The van der Waals surface area contributed by atoms with Crippen molar-refractivity contribution in [3.05, 3.63) is 34.3 Å². The van der Waals surface area contributed by atoms with Crippen LogP contribution in [0.4, 0.5) is 4.79 Å². The second-order valence-electron chi connectivity index (χ2n) is 7.28. The van der Waals surface area contributed by atoms with E-state index in [1.54, 1.807) is 4.90 Å². The number of nitrogens with zero attached hydrogens (tertiary/aromatic N) is 2. The number of carboxylic acid groups (broad SMARTS) is 1. The van der Waals surface area contributed by atoms with Gasteiger partial charge < -0.3 is 14.7 Å². The number of carbonyl (C=O) groups excluding carboxylic acids is 1. The molecule has 1 aromatic rings. The summed E-state index contributed by atoms with van der Waals surface area (Å²) < 4.78 is 6.38. The smallest absolute Gasteiger partial charge is 0.410 e. The summed E-state index contributed by atoms with van der Waals surface area (Å²) in [6.45, 7) is 7.76. The summed E-state index contributed by atoms with van der Waals surface area (Å²) in [5.74, 6) is -0.816. The third-order valence-corrected chi connectivity index (χ3v) is 4.47. The van der Waals surface area contributed by atoms with Crippen molar-refractivity contribution in [1.82, 2.24) is 9.80 Å². The maximum atomic E-state index is 12.1. The fourth-order valence-electron chi connectivity index (χ4n) is 2.62. The predicted octanol–water partition coefficient (Wildman–Crippen LogP) is 3.35. The van der Waals surface area contributed by atoms with Gasteiger partial charge in [0.1, 0.15) is 5.60 Å². The molecular weight excluding hydrogens is 388 g/mol. The molecule has 1 aromatic carbocycles. The maximum absolute atomic E-state index is 12.1. The Morgan fingerprint density at radius 1 is 1.28 bits per heavy atom. The van der Waals surface area contributed by atoms with E-state index in [-0.39, 0.29) is 18.6 Å². The molecule has 0 saturated carbocycles. The molecule has 6 nitrogen and oxygen atoms in total. The van der Waals surface area contributed by atoms with Gasteiger partial charge in [0.05, 0.1) is 6.42 Å². The van der Waals surface area contributed by atoms with Gasteiger partial charge in [-0.15, -0.1) is 0 Å². The molecule has 0 unspecified atom stereocenters. The number of likely N-dealkylation sites (tertiary alicyclic amines) is 1. The lowest BCUT2D eigenvalue weighted by Gasteiger charge is -2.45. The van der Waals surface area contributed by atoms with Crippen LogP contribution in [0.1, 0.15) is 32.8 Å². The van der Waals surface area contributed by atoms with Crippen molar-refractivity contribution in [2.75, 3.05) is 19.6 Å². The van der Waals surface area contributed by atoms with E-state index >= 15 is 0 Å². The van der Waals surface area contributed by atoms with Crippen LogP contribution in [0.5, 0.6) is 0 Å². The van der Waals surface area contributed by atoms with Crippen LogP contribution in [-0.4, -0.2) is 58.2 Å². The second-order valence-corrected chi connectivity index (χ2v) is 8.20. The monoisotopic (exact) mass is 412 g/mol. The van der Waals surface area contributed by atoms with E-state index in [9.17, 15) is 9.59 Å². The van der Waals surface area contributed by atoms with E-state index in [0.717, 1.165) is 10.0 Å². The van der Waals surface area contributed by atoms with Crippen molar-refractivity contribution in [2.24, 2.45) is 0 Å². The van der Waals surface area contributed by atoms with Gasteiger partial charge in [0.15, 0.2) is 0 Å². The fraction of sp³-hybridized carbons (Fsp3) is 0.556. The summed E-state index contributed by atoms with van der Waals surface area (Å²) in [5.41, 5.74) is 0.604. The molecule has 25 heavy (non-hydrogen) atoms. The van der Waals surface area contributed by atoms with E-state index in [0.29, 0.717) is 26.2 Å². The van der Waals surface area contributed by atoms with Crippen molar-refractivity contribution in [3.8, 4) is 0 Å². The third-order valence-electron chi connectivity index (χ3n) is 3.94. The lowest BCUT2D eigenvalue weighted by molar-refractivity contribution is -0.137. The van der Waals surface area contributed by atoms with Gasteiger partial charge in [0.2, 0.25) is 0 Å². The van der Waals surface area contributed by atoms with Crippen LogP contribution in [0.25, 0.3) is 0 Å². The average molecular weight is 413 g/mol. The minimum atomic E-state index is -0.816. The largest absolute Gasteiger partial charge is 0.481 e. The molecule has 0 bridgehead atoms. The van der Waals surface area contributed by atoms with Gasteiger partial charge in [0, 0.05) is 36.7 Å². The molecule has 0 atom stereocenters. The third kappa shape index (κ3) is 6.32. The van der Waals surface area contributed by atoms with Gasteiger partial charge in [-0.1, -0.05) is 28.1 Å². The number of aliphatic carboxylic acids is 1. The first-order chi connectivity index (χ1) is 11.6. The Kier molecular flexibility index (Phi) is 6.46. The highest BCUT2D eigenvalue weighted by molar-refractivity contribution is 9.10. The highest BCUT2D eigenvalue weighted by Gasteiger charge is 2.37. The second kappa shape index (κ2) is 8.19. The van der Waals surface area contributed by atoms with E-state index in [1.807, 2.05) is 45.0 Å². The summed E-state index contributed by atoms with van der Waals surface area (Å²) in [7, 11) is 0. The van der Waals surface area contributed by atoms with Gasteiger partial charge >= 0.3 is 12.1 Å². The molecule has 0 aromatic heterocycles. The SMILES string of the molecule is CC(C)(C)OC(=O)N1CC(N(CCC(=O)O)Cc2ccc(Br)cc2)C1. The zero-order valence-corrected chi connectivity index (χ0v) is 16.5. The highest BCUT2D eigenvalue weighted by Crippen LogP contribution is 2.21. The molecule has 1 N–H and O–H groups in total. The van der Waals surface area contributed by atoms with Crippen LogP contribution in [-0.2, 0) is 16.1 Å². The quantitative estimate of drug-likeness (QED) is 0.775. The average Bonchev–Trinajstić information content (AvgIpc) is 2.43. The Labute approximate surface area is 156 Å². The summed E-state index contributed by atoms with van der Waals surface area (Å²) in [6, 6.07) is 8.12. The van der Waals surface area contributed by atoms with Crippen LogP contribution in [0.3, 0.4) is 0 Å². The van der Waals surface area contributed by atoms with E-state index in [1.165, 1.54) is 0 Å². The molecule has 0 aliphatic carbocycles. The van der Waals surface area contributed by atoms with E-state index in [4.69, 9.17) is 9.84 Å². The molecule has 1 aliphatic heterocycles. The molecule has 1 saturated heterocycles. The van der Waals surface area contributed by atoms with E-state index < -0.39 is 11.6 Å². The van der Waals surface area contributed by atoms with Gasteiger partial charge in [-0.25, -0.2) is 4.79 Å². The Morgan fingerprint density at radius 2 is 1.88 bits per heavy atom. The number of benzene rings is 1. The van der Waals surface area contributed by atoms with Gasteiger partial charge in [-0.05, 0) is 38.5 Å². The van der Waals surface area contributed by atoms with E-state index in [2.05, 4.69) is 20.8 Å². The number of hydrogen-bond acceptors (Lipinski definition) is 4. The summed E-state index contributed by atoms with van der Waals surface area (Å²) in [4.78, 5) is 26.8. The molecule has 7 heteroatoms. The van der Waals surface area contributed by atoms with Crippen molar-refractivity contribution in [3.63, 3.8) is 0 Å². The Hall–Kier alpha value is -1.60. The van der Waals surface area contributed by atoms with Crippen LogP contribution >= 0.6 is 15.9 Å². The summed E-state index contributed by atoms with van der Waals surface area (Å²) in [5, 5.41) is 8.99. The standard InChI is InChI=1S/C18H25BrN2O4/c1-18(2,3)25-17(24)21-11-15(12-21)20(9-8-16(22)23)10-13-4-6-14(19)7-5-13/h4-7,15H,8-12H2,1-3H3,(H,22,23). The molecule has 1 amide bonds. The van der Waals surface area contributed by atoms with Crippen molar-refractivity contribution in [1.29, 1.82) is 0 Å². The van der Waals surface area contributed by atoms with Gasteiger partial charge in [-0.3, -0.25) is 9.69 Å². The number of carboxylic acids is 1. The van der Waals surface area contributed by atoms with Crippen LogP contribution < -0.4 is 0 Å². The Balaban J connectivity index is 1.94. The first-order valence-corrected chi connectivity index (χ1v) is 9.11. The summed E-state index contributed by atoms with van der Waals surface area (Å²) >= 11 is 3.41. The topological polar surface area (TPSA) is 70.1 Å². The van der Waals surface area contributed by atoms with Gasteiger partial charge in [-0.2, -0.15) is 0 Å². The normalized spacial score (nSPS) is 15.2. The number of amides is 1. The first kappa shape index (κ1) is 19.7. The zero-order chi connectivity index (χ0) is 18.6. The number of ether oxygens (including phenoxy) is 1. The Bertz CT molecular complexity index is 606. The van der Waals surface area contributed by atoms with Crippen LogP contribution in [0, 0.1) is 0 Å². The number of hydrogen-bond donors (Lipinski definition) is 1. The molecular formula is C18H25BrN2O4. The maximum Gasteiger partial charge on any atom is 0.410 e. The molecule has 1 heterocycles. The zero-order valence-electron chi connectivity index (χ0n) is 14.9. The molecule has 1 aliphatic rings. The molecule has 2 rings (SSSR count). The van der Waals surface area contributed by atoms with Crippen molar-refractivity contribution in [2.45, 2.75) is 45.4 Å². The fourth-order valence-corrected chi connectivity index (χ4v) is 2.88. The van der Waals surface area contributed by atoms with Gasteiger partial charge in [0.25, 0.3) is 0 Å². The highest BCUT2D eigenvalue weighted by atomic mass is 79.9. The molecule has 1 fully saturated rings. The predicted molar refractivity (Wildman–Crippen MR) is 98.4 cm³/mol. The number of carbonyl (C=O) groups is 2. The van der Waals surface area contributed by atoms with Crippen molar-refractivity contribution >= 4 is 28.0 Å². The summed E-state index contributed by atoms with van der Waals surface area (Å²) in [6.07, 6.45) is -0.231. The first-order valence-electron chi connectivity index (χ1n) is 8.32. The van der Waals surface area contributed by atoms with Crippen molar-refractivity contribution < 1.29 is 19.4 Å². The minimum absolute atomic E-state index is 0.0828. The lowest BCUT2D eigenvalue weighted by atomic mass is 10.1.